The number of rotatable bonds is 10. The Hall–Kier alpha value is -1.03. The SMILES string of the molecule is CC(C)n1c([S-])c([S-])n(CC(F)(F)C(F)(F)C(F)(F)C(F)(F)F)c1=S.CC(C)n1c([S-])c([S-])n(CC(F)(F)C(F)(F)C(F)(F)C(F)(F)F)c1=S.[Ni]. The van der Waals surface area contributed by atoms with Gasteiger partial charge in [0.2, 0.25) is 0 Å². The number of halogens is 18. The van der Waals surface area contributed by atoms with E-state index in [4.69, 9.17) is 49.7 Å². The molecule has 0 bridgehead atoms. The maximum absolute atomic E-state index is 13.7. The Morgan fingerprint density at radius 3 is 0.824 bits per heavy atom. The summed E-state index contributed by atoms with van der Waals surface area (Å²) in [6.07, 6.45) is -13.8. The summed E-state index contributed by atoms with van der Waals surface area (Å²) in [7, 11) is 0. The van der Waals surface area contributed by atoms with Gasteiger partial charge in [-0.3, -0.25) is 0 Å². The summed E-state index contributed by atoms with van der Waals surface area (Å²) in [5.74, 6) is -39.0. The van der Waals surface area contributed by atoms with Crippen molar-refractivity contribution in [1.82, 2.24) is 18.3 Å². The van der Waals surface area contributed by atoms with Crippen LogP contribution in [0, 0.1) is 9.54 Å². The van der Waals surface area contributed by atoms with Gasteiger partial charge in [-0.05, 0) is 52.1 Å². The van der Waals surface area contributed by atoms with E-state index in [2.05, 4.69) is 25.3 Å². The molecule has 51 heavy (non-hydrogen) atoms. The molecule has 2 heterocycles. The number of nitrogens with zero attached hydrogens (tertiary/aromatic N) is 4. The second kappa shape index (κ2) is 15.6. The molecule has 302 valence electrons. The van der Waals surface area contributed by atoms with Gasteiger partial charge in [0.15, 0.2) is 9.54 Å². The van der Waals surface area contributed by atoms with Gasteiger partial charge in [0.1, 0.15) is 0 Å². The van der Waals surface area contributed by atoms with E-state index in [9.17, 15) is 79.0 Å². The van der Waals surface area contributed by atoms with Crippen molar-refractivity contribution < 1.29 is 95.5 Å². The van der Waals surface area contributed by atoms with Gasteiger partial charge in [-0.25, -0.2) is 0 Å². The van der Waals surface area contributed by atoms with Crippen LogP contribution in [0.4, 0.5) is 79.0 Å². The molecule has 0 atom stereocenters. The monoisotopic (exact) mass is 930 g/mol. The van der Waals surface area contributed by atoms with Gasteiger partial charge in [0.05, 0.1) is 13.1 Å². The van der Waals surface area contributed by atoms with E-state index in [1.807, 2.05) is 0 Å². The van der Waals surface area contributed by atoms with Crippen molar-refractivity contribution >= 4 is 75.0 Å². The largest absolute Gasteiger partial charge is 0.762 e. The van der Waals surface area contributed by atoms with E-state index in [1.54, 1.807) is 0 Å². The molecule has 2 aromatic rings. The molecule has 0 aliphatic rings. The normalized spacial score (nSPS) is 14.1. The van der Waals surface area contributed by atoms with E-state index in [1.165, 1.54) is 27.7 Å². The quantitative estimate of drug-likeness (QED) is 0.102. The molecule has 29 heteroatoms. The fraction of sp³-hybridized carbons (Fsp3) is 0.727. The van der Waals surface area contributed by atoms with Crippen molar-refractivity contribution in [1.29, 1.82) is 0 Å². The van der Waals surface area contributed by atoms with Crippen LogP contribution in [-0.2, 0) is 80.1 Å². The van der Waals surface area contributed by atoms with Gasteiger partial charge < -0.3 is 68.8 Å². The number of aromatic nitrogens is 4. The molecule has 0 aliphatic carbocycles. The first-order chi connectivity index (χ1) is 21.8. The summed E-state index contributed by atoms with van der Waals surface area (Å²) in [6.45, 7) is 1.41. The Balaban J connectivity index is 0.000000962. The molecule has 2 aromatic heterocycles. The summed E-state index contributed by atoms with van der Waals surface area (Å²) in [4.78, 5) is 0. The Bertz CT molecular complexity index is 1530. The van der Waals surface area contributed by atoms with Gasteiger partial charge in [-0.15, -0.1) is 20.1 Å². The van der Waals surface area contributed by atoms with Gasteiger partial charge >= 0.3 is 47.9 Å². The molecule has 0 amide bonds. The van der Waals surface area contributed by atoms with Crippen LogP contribution in [0.25, 0.3) is 0 Å². The number of hydrogen-bond acceptors (Lipinski definition) is 6. The van der Waals surface area contributed by atoms with Crippen molar-refractivity contribution in [2.24, 2.45) is 0 Å². The van der Waals surface area contributed by atoms with Crippen molar-refractivity contribution in [3.05, 3.63) is 9.54 Å². The first-order valence-electron chi connectivity index (χ1n) is 12.6. The summed E-state index contributed by atoms with van der Waals surface area (Å²) >= 11 is 28.4. The third-order valence-corrected chi connectivity index (χ3v) is 9.03. The Labute approximate surface area is 317 Å². The molecular formula is C22H18F18N4NiS6-4. The average molecular weight is 931 g/mol. The maximum atomic E-state index is 13.7. The standard InChI is InChI=1S/2C11H11F9N2S3.Ni/c2*1-4(2)22-6(24)5(23)21(7(22)25)3-8(12,13)9(14,15)10(16,17)11(18,19)20;/h2*4,23-24H,3H2,1-2H3;/p-4. The van der Waals surface area contributed by atoms with E-state index in [0.717, 1.165) is 9.13 Å². The Morgan fingerprint density at radius 1 is 0.451 bits per heavy atom. The topological polar surface area (TPSA) is 19.7 Å². The van der Waals surface area contributed by atoms with Gasteiger partial charge in [-0.1, -0.05) is 0 Å². The minimum atomic E-state index is -6.97. The molecule has 0 saturated heterocycles. The van der Waals surface area contributed by atoms with E-state index in [-0.39, 0.29) is 35.7 Å². The average Bonchev–Trinajstić information content (AvgIpc) is 3.24. The van der Waals surface area contributed by atoms with E-state index >= 15 is 0 Å². The molecule has 0 unspecified atom stereocenters. The van der Waals surface area contributed by atoms with Crippen molar-refractivity contribution in [2.45, 2.75) is 121 Å². The second-order valence-corrected chi connectivity index (χ2v) is 12.9. The molecule has 4 nitrogen and oxygen atoms in total. The van der Waals surface area contributed by atoms with Crippen LogP contribution in [0.15, 0.2) is 20.1 Å². The minimum Gasteiger partial charge on any atom is -0.762 e. The van der Waals surface area contributed by atoms with Crippen molar-refractivity contribution in [2.75, 3.05) is 0 Å². The van der Waals surface area contributed by atoms with Gasteiger partial charge in [0, 0.05) is 28.6 Å². The van der Waals surface area contributed by atoms with Crippen LogP contribution >= 0.6 is 24.4 Å². The molecule has 0 aliphatic heterocycles. The second-order valence-electron chi connectivity index (χ2n) is 10.6. The van der Waals surface area contributed by atoms with Crippen LogP contribution in [0.5, 0.6) is 0 Å². The summed E-state index contributed by atoms with van der Waals surface area (Å²) < 4.78 is 234. The minimum absolute atomic E-state index is 0. The molecule has 0 N–H and O–H groups in total. The Morgan fingerprint density at radius 2 is 0.667 bits per heavy atom. The molecule has 0 spiro atoms. The van der Waals surface area contributed by atoms with Gasteiger partial charge in [0.25, 0.3) is 0 Å². The smallest absolute Gasteiger partial charge is 0.460 e. The summed E-state index contributed by atoms with van der Waals surface area (Å²) in [5.41, 5.74) is 0. The zero-order valence-electron chi connectivity index (χ0n) is 24.9. The third-order valence-electron chi connectivity index (χ3n) is 6.33. The van der Waals surface area contributed by atoms with E-state index < -0.39 is 92.7 Å². The van der Waals surface area contributed by atoms with E-state index in [0.29, 0.717) is 0 Å². The predicted octanol–water partition coefficient (Wildman–Crippen LogP) is 9.76. The molecule has 0 saturated carbocycles. The summed E-state index contributed by atoms with van der Waals surface area (Å²) in [6, 6.07) is -1.07. The van der Waals surface area contributed by atoms with Crippen LogP contribution in [0.1, 0.15) is 39.8 Å². The van der Waals surface area contributed by atoms with Crippen LogP contribution in [0.2, 0.25) is 0 Å². The predicted molar refractivity (Wildman–Crippen MR) is 152 cm³/mol. The number of alkyl halides is 18. The van der Waals surface area contributed by atoms with Crippen LogP contribution in [0.3, 0.4) is 0 Å². The molecule has 0 fully saturated rings. The molecule has 2 rings (SSSR count). The molecular weight excluding hydrogens is 913 g/mol. The first-order valence-corrected chi connectivity index (χ1v) is 15.0. The first kappa shape index (κ1) is 50.0. The fourth-order valence-electron chi connectivity index (χ4n) is 3.65. The molecule has 0 radical (unpaired) electrons. The number of hydrogen-bond donors (Lipinski definition) is 0. The van der Waals surface area contributed by atoms with Crippen LogP contribution < -0.4 is 0 Å². The number of imidazole rings is 2. The fourth-order valence-corrected chi connectivity index (χ4v) is 6.11. The van der Waals surface area contributed by atoms with Gasteiger partial charge in [-0.2, -0.15) is 79.0 Å². The third kappa shape index (κ3) is 8.77. The van der Waals surface area contributed by atoms with Crippen molar-refractivity contribution in [3.8, 4) is 0 Å². The molecule has 0 aromatic carbocycles. The summed E-state index contributed by atoms with van der Waals surface area (Å²) in [5, 5.41) is -1.87. The maximum Gasteiger partial charge on any atom is 0.460 e. The van der Waals surface area contributed by atoms with Crippen LogP contribution in [-0.4, -0.2) is 66.2 Å². The zero-order valence-corrected chi connectivity index (χ0v) is 30.8. The van der Waals surface area contributed by atoms with Crippen molar-refractivity contribution in [3.63, 3.8) is 0 Å². The Kier molecular flexibility index (Phi) is 15.3. The zero-order chi connectivity index (χ0) is 40.3.